The summed E-state index contributed by atoms with van der Waals surface area (Å²) in [6.07, 6.45) is 2.67. The first-order valence-electron chi connectivity index (χ1n) is 8.12. The first-order chi connectivity index (χ1) is 11.6. The molecule has 1 unspecified atom stereocenters. The highest BCUT2D eigenvalue weighted by Gasteiger charge is 2.10. The van der Waals surface area contributed by atoms with Gasteiger partial charge in [0.05, 0.1) is 24.5 Å². The van der Waals surface area contributed by atoms with Crippen LogP contribution in [0.1, 0.15) is 13.3 Å². The monoisotopic (exact) mass is 325 g/mol. The van der Waals surface area contributed by atoms with Crippen LogP contribution in [-0.2, 0) is 0 Å². The number of aliphatic hydroxyl groups is 1. The summed E-state index contributed by atoms with van der Waals surface area (Å²) < 4.78 is 1.83. The Labute approximate surface area is 141 Å². The van der Waals surface area contributed by atoms with Gasteiger partial charge in [-0.25, -0.2) is 9.50 Å². The Balaban J connectivity index is 1.96. The molecule has 0 aliphatic rings. The van der Waals surface area contributed by atoms with Gasteiger partial charge in [-0.3, -0.25) is 0 Å². The van der Waals surface area contributed by atoms with Crippen molar-refractivity contribution in [1.29, 1.82) is 0 Å². The Kier molecular flexibility index (Phi) is 4.66. The maximum atomic E-state index is 9.35. The van der Waals surface area contributed by atoms with Crippen LogP contribution in [0.15, 0.2) is 42.6 Å². The third-order valence-electron chi connectivity index (χ3n) is 4.11. The topological polar surface area (TPSA) is 65.7 Å². The second-order valence-electron chi connectivity index (χ2n) is 6.01. The van der Waals surface area contributed by atoms with E-state index in [1.165, 1.54) is 0 Å². The van der Waals surface area contributed by atoms with E-state index in [2.05, 4.69) is 44.6 Å². The van der Waals surface area contributed by atoms with Crippen LogP contribution >= 0.6 is 0 Å². The lowest BCUT2D eigenvalue weighted by Crippen LogP contribution is -2.23. The minimum Gasteiger partial charge on any atom is -0.394 e. The molecule has 3 rings (SSSR count). The first-order valence-corrected chi connectivity index (χ1v) is 8.12. The number of rotatable bonds is 6. The second-order valence-corrected chi connectivity index (χ2v) is 6.01. The molecule has 6 heteroatoms. The highest BCUT2D eigenvalue weighted by Crippen LogP contribution is 2.23. The number of fused-ring (bicyclic) bond motifs is 1. The summed E-state index contributed by atoms with van der Waals surface area (Å²) in [5.41, 5.74) is 3.95. The molecule has 24 heavy (non-hydrogen) atoms. The first kappa shape index (κ1) is 16.3. The highest BCUT2D eigenvalue weighted by atomic mass is 16.3. The van der Waals surface area contributed by atoms with Crippen LogP contribution in [0.4, 0.5) is 11.5 Å². The van der Waals surface area contributed by atoms with Gasteiger partial charge in [0.1, 0.15) is 5.82 Å². The summed E-state index contributed by atoms with van der Waals surface area (Å²) in [7, 11) is 4.04. The largest absolute Gasteiger partial charge is 0.394 e. The number of nitrogens with one attached hydrogen (secondary N) is 1. The van der Waals surface area contributed by atoms with Gasteiger partial charge in [-0.1, -0.05) is 19.1 Å². The second kappa shape index (κ2) is 6.88. The van der Waals surface area contributed by atoms with Crippen LogP contribution in [0.2, 0.25) is 0 Å². The zero-order chi connectivity index (χ0) is 17.1. The summed E-state index contributed by atoms with van der Waals surface area (Å²) in [5, 5.41) is 17.2. The lowest BCUT2D eigenvalue weighted by atomic mass is 10.1. The lowest BCUT2D eigenvalue weighted by Gasteiger charge is -2.15. The number of imidazole rings is 1. The van der Waals surface area contributed by atoms with Gasteiger partial charge in [0.25, 0.3) is 0 Å². The molecular weight excluding hydrogens is 302 g/mol. The van der Waals surface area contributed by atoms with E-state index in [9.17, 15) is 5.11 Å². The average molecular weight is 325 g/mol. The molecule has 3 aromatic rings. The predicted octanol–water partition coefficient (Wildman–Crippen LogP) is 2.65. The quantitative estimate of drug-likeness (QED) is 0.729. The van der Waals surface area contributed by atoms with Gasteiger partial charge in [-0.15, -0.1) is 5.10 Å². The predicted molar refractivity (Wildman–Crippen MR) is 97.5 cm³/mol. The van der Waals surface area contributed by atoms with Crippen molar-refractivity contribution in [2.75, 3.05) is 30.9 Å². The van der Waals surface area contributed by atoms with Crippen LogP contribution in [0.5, 0.6) is 0 Å². The molecule has 0 aliphatic carbocycles. The zero-order valence-electron chi connectivity index (χ0n) is 14.3. The van der Waals surface area contributed by atoms with Crippen molar-refractivity contribution in [1.82, 2.24) is 14.6 Å². The number of anilines is 2. The number of nitrogens with zero attached hydrogens (tertiary/aromatic N) is 4. The molecule has 1 atom stereocenters. The molecule has 126 valence electrons. The molecule has 1 aromatic carbocycles. The van der Waals surface area contributed by atoms with E-state index < -0.39 is 0 Å². The summed E-state index contributed by atoms with van der Waals surface area (Å²) in [6.45, 7) is 2.11. The smallest absolute Gasteiger partial charge is 0.154 e. The fraction of sp³-hybridized carbons (Fsp3) is 0.333. The summed E-state index contributed by atoms with van der Waals surface area (Å²) in [5.74, 6) is 0.729. The fourth-order valence-electron chi connectivity index (χ4n) is 2.56. The van der Waals surface area contributed by atoms with Gasteiger partial charge in [-0.2, -0.15) is 0 Å². The van der Waals surface area contributed by atoms with Crippen molar-refractivity contribution in [3.63, 3.8) is 0 Å². The standard InChI is InChI=1S/C18H23N5O/c1-4-14(12-24)20-17-9-10-18-19-11-16(23(18)21-17)13-5-7-15(8-6-13)22(2)3/h5-11,14,24H,4,12H2,1-3H3,(H,20,21). The Morgan fingerprint density at radius 1 is 1.17 bits per heavy atom. The molecular formula is C18H23N5O. The zero-order valence-corrected chi connectivity index (χ0v) is 14.3. The van der Waals surface area contributed by atoms with Crippen LogP contribution in [0.25, 0.3) is 16.9 Å². The van der Waals surface area contributed by atoms with Gasteiger partial charge < -0.3 is 15.3 Å². The summed E-state index contributed by atoms with van der Waals surface area (Å²) >= 11 is 0. The maximum absolute atomic E-state index is 9.35. The minimum atomic E-state index is 0.00120. The van der Waals surface area contributed by atoms with Crippen LogP contribution < -0.4 is 10.2 Å². The van der Waals surface area contributed by atoms with Crippen molar-refractivity contribution in [2.24, 2.45) is 0 Å². The van der Waals surface area contributed by atoms with E-state index in [-0.39, 0.29) is 12.6 Å². The summed E-state index contributed by atoms with van der Waals surface area (Å²) in [6, 6.07) is 12.1. The van der Waals surface area contributed by atoms with Gasteiger partial charge >= 0.3 is 0 Å². The van der Waals surface area contributed by atoms with Gasteiger partial charge in [-0.05, 0) is 30.7 Å². The van der Waals surface area contributed by atoms with E-state index in [0.29, 0.717) is 0 Å². The van der Waals surface area contributed by atoms with Gasteiger partial charge in [0.15, 0.2) is 5.65 Å². The number of hydrogen-bond donors (Lipinski definition) is 2. The van der Waals surface area contributed by atoms with E-state index in [0.717, 1.165) is 34.8 Å². The fourth-order valence-corrected chi connectivity index (χ4v) is 2.56. The van der Waals surface area contributed by atoms with Crippen LogP contribution in [-0.4, -0.2) is 46.4 Å². The van der Waals surface area contributed by atoms with E-state index >= 15 is 0 Å². The number of aliphatic hydroxyl groups excluding tert-OH is 1. The highest BCUT2D eigenvalue weighted by molar-refractivity contribution is 5.66. The molecule has 0 saturated heterocycles. The van der Waals surface area contributed by atoms with E-state index in [1.807, 2.05) is 43.9 Å². The Bertz CT molecular complexity index is 806. The molecule has 0 amide bonds. The number of benzene rings is 1. The minimum absolute atomic E-state index is 0.00120. The van der Waals surface area contributed by atoms with Crippen LogP contribution in [0.3, 0.4) is 0 Å². The SMILES string of the molecule is CCC(CO)Nc1ccc2ncc(-c3ccc(N(C)C)cc3)n2n1. The number of hydrogen-bond acceptors (Lipinski definition) is 5. The third-order valence-corrected chi connectivity index (χ3v) is 4.11. The Hall–Kier alpha value is -2.60. The third kappa shape index (κ3) is 3.19. The Morgan fingerprint density at radius 2 is 1.92 bits per heavy atom. The molecule has 0 aliphatic heterocycles. The average Bonchev–Trinajstić information content (AvgIpc) is 3.03. The molecule has 0 bridgehead atoms. The number of aromatic nitrogens is 3. The molecule has 6 nitrogen and oxygen atoms in total. The maximum Gasteiger partial charge on any atom is 0.154 e. The van der Waals surface area contributed by atoms with Crippen molar-refractivity contribution in [3.8, 4) is 11.3 Å². The molecule has 0 spiro atoms. The van der Waals surface area contributed by atoms with E-state index in [1.54, 1.807) is 0 Å². The van der Waals surface area contributed by atoms with Crippen molar-refractivity contribution in [2.45, 2.75) is 19.4 Å². The van der Waals surface area contributed by atoms with Gasteiger partial charge in [0.2, 0.25) is 0 Å². The normalized spacial score (nSPS) is 12.3. The van der Waals surface area contributed by atoms with Crippen molar-refractivity contribution in [3.05, 3.63) is 42.6 Å². The summed E-state index contributed by atoms with van der Waals surface area (Å²) in [4.78, 5) is 6.49. The van der Waals surface area contributed by atoms with Crippen LogP contribution in [0, 0.1) is 0 Å². The molecule has 2 heterocycles. The molecule has 0 radical (unpaired) electrons. The lowest BCUT2D eigenvalue weighted by molar-refractivity contribution is 0.271. The molecule has 0 fully saturated rings. The van der Waals surface area contributed by atoms with E-state index in [4.69, 9.17) is 0 Å². The van der Waals surface area contributed by atoms with Crippen molar-refractivity contribution < 1.29 is 5.11 Å². The molecule has 2 N–H and O–H groups in total. The Morgan fingerprint density at radius 3 is 2.54 bits per heavy atom. The van der Waals surface area contributed by atoms with Crippen molar-refractivity contribution >= 4 is 17.2 Å². The molecule has 2 aromatic heterocycles. The van der Waals surface area contributed by atoms with Gasteiger partial charge in [0, 0.05) is 25.3 Å². The molecule has 0 saturated carbocycles.